The summed E-state index contributed by atoms with van der Waals surface area (Å²) < 4.78 is 38.5. The highest BCUT2D eigenvalue weighted by Crippen LogP contribution is 2.21. The van der Waals surface area contributed by atoms with Crippen LogP contribution in [0.15, 0.2) is 41.3 Å². The number of nitrogen functional groups attached to an aromatic ring is 1. The van der Waals surface area contributed by atoms with Gasteiger partial charge in [0.05, 0.1) is 27.0 Å². The number of nitriles is 1. The number of anilines is 1. The van der Waals surface area contributed by atoms with Crippen molar-refractivity contribution in [3.05, 3.63) is 59.2 Å². The fraction of sp³-hybridized carbons (Fsp3) is 0.0714. The molecule has 6 heteroatoms. The van der Waals surface area contributed by atoms with Crippen molar-refractivity contribution >= 4 is 16.5 Å². The minimum Gasteiger partial charge on any atom is -0.398 e. The molecule has 0 saturated carbocycles. The molecule has 1 unspecified atom stereocenters. The van der Waals surface area contributed by atoms with Crippen LogP contribution in [-0.2, 0) is 16.6 Å². The lowest BCUT2D eigenvalue weighted by Gasteiger charge is -2.06. The number of halogens is 2. The molecule has 0 spiro atoms. The van der Waals surface area contributed by atoms with Crippen LogP contribution in [0.25, 0.3) is 0 Å². The Kier molecular flexibility index (Phi) is 4.11. The number of nitrogens with two attached hydrogens (primary N) is 1. The number of rotatable bonds is 3. The zero-order valence-corrected chi connectivity index (χ0v) is 11.1. The number of hydrogen-bond acceptors (Lipinski definition) is 3. The first kappa shape index (κ1) is 14.2. The zero-order chi connectivity index (χ0) is 14.7. The Morgan fingerprint density at radius 1 is 1.20 bits per heavy atom. The van der Waals surface area contributed by atoms with Gasteiger partial charge in [-0.05, 0) is 35.9 Å². The van der Waals surface area contributed by atoms with Crippen LogP contribution in [0.5, 0.6) is 0 Å². The summed E-state index contributed by atoms with van der Waals surface area (Å²) in [5.41, 5.74) is 6.28. The van der Waals surface area contributed by atoms with Gasteiger partial charge in [0.1, 0.15) is 17.7 Å². The molecule has 3 nitrogen and oxygen atoms in total. The Bertz CT molecular complexity index is 726. The van der Waals surface area contributed by atoms with E-state index >= 15 is 0 Å². The maximum absolute atomic E-state index is 13.2. The van der Waals surface area contributed by atoms with E-state index in [0.29, 0.717) is 5.56 Å². The fourth-order valence-corrected chi connectivity index (χ4v) is 2.90. The number of nitrogens with zero attached hydrogens (tertiary/aromatic N) is 1. The largest absolute Gasteiger partial charge is 0.398 e. The Balaban J connectivity index is 2.28. The average Bonchev–Trinajstić information content (AvgIpc) is 2.43. The predicted molar refractivity (Wildman–Crippen MR) is 72.0 cm³/mol. The summed E-state index contributed by atoms with van der Waals surface area (Å²) in [5, 5.41) is 8.74. The zero-order valence-electron chi connectivity index (χ0n) is 10.3. The fourth-order valence-electron chi connectivity index (χ4n) is 1.68. The quantitative estimate of drug-likeness (QED) is 0.884. The van der Waals surface area contributed by atoms with Crippen LogP contribution in [0, 0.1) is 23.0 Å². The monoisotopic (exact) mass is 292 g/mol. The van der Waals surface area contributed by atoms with E-state index in [9.17, 15) is 13.0 Å². The molecule has 102 valence electrons. The molecule has 2 aromatic carbocycles. The summed E-state index contributed by atoms with van der Waals surface area (Å²) in [7, 11) is -1.57. The Labute approximate surface area is 117 Å². The first-order valence-corrected chi connectivity index (χ1v) is 6.95. The van der Waals surface area contributed by atoms with Crippen LogP contribution in [0.4, 0.5) is 14.5 Å². The number of hydrogen-bond donors (Lipinski definition) is 1. The topological polar surface area (TPSA) is 66.9 Å². The molecule has 2 N–H and O–H groups in total. The second-order valence-corrected chi connectivity index (χ2v) is 5.52. The van der Waals surface area contributed by atoms with Crippen LogP contribution in [0.3, 0.4) is 0 Å². The molecule has 0 amide bonds. The van der Waals surface area contributed by atoms with E-state index in [1.165, 1.54) is 24.3 Å². The molecule has 20 heavy (non-hydrogen) atoms. The number of benzene rings is 2. The van der Waals surface area contributed by atoms with Gasteiger partial charge in [0, 0.05) is 5.69 Å². The van der Waals surface area contributed by atoms with Crippen molar-refractivity contribution in [3.8, 4) is 6.07 Å². The summed E-state index contributed by atoms with van der Waals surface area (Å²) in [5.74, 6) is -1.13. The molecule has 0 fully saturated rings. The molecule has 0 bridgehead atoms. The second-order valence-electron chi connectivity index (χ2n) is 4.10. The van der Waals surface area contributed by atoms with Crippen LogP contribution in [-0.4, -0.2) is 4.21 Å². The van der Waals surface area contributed by atoms with Gasteiger partial charge in [-0.2, -0.15) is 5.26 Å². The van der Waals surface area contributed by atoms with Gasteiger partial charge in [0.25, 0.3) is 0 Å². The smallest absolute Gasteiger partial charge is 0.140 e. The molecule has 2 aromatic rings. The van der Waals surface area contributed by atoms with Crippen LogP contribution < -0.4 is 5.73 Å². The molecule has 0 aliphatic rings. The minimum atomic E-state index is -1.57. The highest BCUT2D eigenvalue weighted by atomic mass is 32.2. The lowest BCUT2D eigenvalue weighted by molar-refractivity contribution is 0.622. The molecule has 0 aliphatic carbocycles. The van der Waals surface area contributed by atoms with Gasteiger partial charge in [-0.3, -0.25) is 4.21 Å². The van der Waals surface area contributed by atoms with E-state index in [4.69, 9.17) is 11.0 Å². The molecule has 2 rings (SSSR count). The van der Waals surface area contributed by atoms with Crippen molar-refractivity contribution in [2.75, 3.05) is 5.73 Å². The first-order valence-electron chi connectivity index (χ1n) is 5.63. The predicted octanol–water partition coefficient (Wildman–Crippen LogP) is 2.73. The summed E-state index contributed by atoms with van der Waals surface area (Å²) in [6.45, 7) is 0. The SMILES string of the molecule is N#Cc1cc(CS(=O)c2cc(F)ccc2N)ccc1F. The van der Waals surface area contributed by atoms with E-state index in [-0.39, 0.29) is 21.9 Å². The third-order valence-corrected chi connectivity index (χ3v) is 4.11. The maximum Gasteiger partial charge on any atom is 0.140 e. The van der Waals surface area contributed by atoms with E-state index in [1.807, 2.05) is 0 Å². The normalized spacial score (nSPS) is 11.8. The third kappa shape index (κ3) is 3.00. The molecular weight excluding hydrogens is 282 g/mol. The van der Waals surface area contributed by atoms with Crippen LogP contribution in [0.1, 0.15) is 11.1 Å². The molecule has 0 heterocycles. The van der Waals surface area contributed by atoms with Gasteiger partial charge >= 0.3 is 0 Å². The summed E-state index contributed by atoms with van der Waals surface area (Å²) in [6, 6.07) is 9.24. The van der Waals surface area contributed by atoms with Gasteiger partial charge < -0.3 is 5.73 Å². The Morgan fingerprint density at radius 2 is 1.95 bits per heavy atom. The Hall–Kier alpha value is -2.26. The van der Waals surface area contributed by atoms with Gasteiger partial charge in [-0.25, -0.2) is 8.78 Å². The Morgan fingerprint density at radius 3 is 2.65 bits per heavy atom. The lowest BCUT2D eigenvalue weighted by Crippen LogP contribution is -2.02. The average molecular weight is 292 g/mol. The minimum absolute atomic E-state index is 0.0304. The summed E-state index contributed by atoms with van der Waals surface area (Å²) in [4.78, 5) is 0.188. The standard InChI is InChI=1S/C14H10F2N2OS/c15-11-2-4-13(18)14(6-11)20(19)8-9-1-3-12(16)10(5-9)7-17/h1-6H,8,18H2. The molecule has 0 aliphatic heterocycles. The van der Waals surface area contributed by atoms with Crippen LogP contribution in [0.2, 0.25) is 0 Å². The molecule has 0 radical (unpaired) electrons. The van der Waals surface area contributed by atoms with Gasteiger partial charge in [0.2, 0.25) is 0 Å². The molecule has 0 aromatic heterocycles. The van der Waals surface area contributed by atoms with E-state index < -0.39 is 22.4 Å². The summed E-state index contributed by atoms with van der Waals surface area (Å²) >= 11 is 0. The summed E-state index contributed by atoms with van der Waals surface area (Å²) in [6.07, 6.45) is 0. The lowest BCUT2D eigenvalue weighted by atomic mass is 10.1. The molecular formula is C14H10F2N2OS. The van der Waals surface area contributed by atoms with Crippen molar-refractivity contribution in [3.63, 3.8) is 0 Å². The van der Waals surface area contributed by atoms with Gasteiger partial charge in [0.15, 0.2) is 0 Å². The van der Waals surface area contributed by atoms with E-state index in [1.54, 1.807) is 6.07 Å². The maximum atomic E-state index is 13.2. The van der Waals surface area contributed by atoms with E-state index in [2.05, 4.69) is 0 Å². The highest BCUT2D eigenvalue weighted by molar-refractivity contribution is 7.84. The van der Waals surface area contributed by atoms with Gasteiger partial charge in [-0.1, -0.05) is 6.07 Å². The molecule has 1 atom stereocenters. The van der Waals surface area contributed by atoms with Crippen molar-refractivity contribution in [2.24, 2.45) is 0 Å². The van der Waals surface area contributed by atoms with Crippen molar-refractivity contribution in [1.82, 2.24) is 0 Å². The van der Waals surface area contributed by atoms with Crippen molar-refractivity contribution in [1.29, 1.82) is 5.26 Å². The van der Waals surface area contributed by atoms with Crippen molar-refractivity contribution < 1.29 is 13.0 Å². The highest BCUT2D eigenvalue weighted by Gasteiger charge is 2.11. The van der Waals surface area contributed by atoms with E-state index in [0.717, 1.165) is 12.1 Å². The first-order chi connectivity index (χ1) is 9.51. The second kappa shape index (κ2) is 5.80. The van der Waals surface area contributed by atoms with Crippen LogP contribution >= 0.6 is 0 Å². The van der Waals surface area contributed by atoms with Crippen molar-refractivity contribution in [2.45, 2.75) is 10.6 Å². The molecule has 0 saturated heterocycles. The third-order valence-electron chi connectivity index (χ3n) is 2.67. The van der Waals surface area contributed by atoms with Gasteiger partial charge in [-0.15, -0.1) is 0 Å².